The van der Waals surface area contributed by atoms with Crippen LogP contribution in [-0.2, 0) is 4.79 Å². The Morgan fingerprint density at radius 1 is 1.30 bits per heavy atom. The van der Waals surface area contributed by atoms with Crippen molar-refractivity contribution in [1.82, 2.24) is 10.2 Å². The van der Waals surface area contributed by atoms with E-state index in [4.69, 9.17) is 0 Å². The highest BCUT2D eigenvalue weighted by atomic mass is 32.2. The number of nitrogens with one attached hydrogen (secondary N) is 1. The van der Waals surface area contributed by atoms with Crippen molar-refractivity contribution in [2.75, 3.05) is 26.2 Å². The van der Waals surface area contributed by atoms with Crippen molar-refractivity contribution in [3.63, 3.8) is 0 Å². The van der Waals surface area contributed by atoms with Crippen molar-refractivity contribution in [2.45, 2.75) is 0 Å². The van der Waals surface area contributed by atoms with Crippen LogP contribution in [0.4, 0.5) is 0 Å². The third-order valence-corrected chi connectivity index (χ3v) is 4.26. The number of aromatic hydroxyl groups is 1. The number of carbonyl (C=O) groups excluding carboxylic acids is 1. The molecule has 1 amide bonds. The van der Waals surface area contributed by atoms with Crippen LogP contribution >= 0.6 is 11.8 Å². The monoisotopic (exact) mass is 289 g/mol. The van der Waals surface area contributed by atoms with Gasteiger partial charge in [0, 0.05) is 31.7 Å². The van der Waals surface area contributed by atoms with Crippen molar-refractivity contribution in [3.8, 4) is 5.75 Å². The van der Waals surface area contributed by atoms with Gasteiger partial charge in [0.05, 0.1) is 4.91 Å². The molecule has 2 aliphatic heterocycles. The molecule has 20 heavy (non-hydrogen) atoms. The Morgan fingerprint density at radius 3 is 2.80 bits per heavy atom. The molecule has 1 saturated heterocycles. The van der Waals surface area contributed by atoms with E-state index in [1.807, 2.05) is 6.07 Å². The number of amides is 1. The minimum atomic E-state index is -0.230. The summed E-state index contributed by atoms with van der Waals surface area (Å²) in [6, 6.07) is 6.96. The summed E-state index contributed by atoms with van der Waals surface area (Å²) in [6.07, 6.45) is 1.70. The topological polar surface area (TPSA) is 64.9 Å². The van der Waals surface area contributed by atoms with Crippen molar-refractivity contribution in [3.05, 3.63) is 34.7 Å². The Morgan fingerprint density at radius 2 is 2.05 bits per heavy atom. The Balaban J connectivity index is 1.78. The van der Waals surface area contributed by atoms with Gasteiger partial charge in [-0.15, -0.1) is 0 Å². The molecule has 1 aromatic carbocycles. The molecule has 2 N–H and O–H groups in total. The minimum Gasteiger partial charge on any atom is -0.507 e. The Labute approximate surface area is 121 Å². The summed E-state index contributed by atoms with van der Waals surface area (Å²) < 4.78 is 0. The fraction of sp³-hybridized carbons (Fsp3) is 0.286. The van der Waals surface area contributed by atoms with Crippen LogP contribution in [0.5, 0.6) is 5.75 Å². The molecule has 6 heteroatoms. The van der Waals surface area contributed by atoms with E-state index >= 15 is 0 Å². The summed E-state index contributed by atoms with van der Waals surface area (Å²) >= 11 is 1.38. The zero-order valence-electron chi connectivity index (χ0n) is 10.9. The SMILES string of the molecule is O=C1N=C(N2CCNCC2)SC1=Cc1ccccc1O. The number of phenolic OH excluding ortho intramolecular Hbond substituents is 1. The molecule has 1 aromatic rings. The Bertz CT molecular complexity index is 592. The number of carbonyl (C=O) groups is 1. The first-order chi connectivity index (χ1) is 9.74. The van der Waals surface area contributed by atoms with Gasteiger partial charge in [-0.3, -0.25) is 4.79 Å². The van der Waals surface area contributed by atoms with Gasteiger partial charge in [-0.25, -0.2) is 0 Å². The van der Waals surface area contributed by atoms with Crippen molar-refractivity contribution in [1.29, 1.82) is 0 Å². The number of phenols is 1. The number of aliphatic imine (C=N–C) groups is 1. The van der Waals surface area contributed by atoms with E-state index in [1.165, 1.54) is 11.8 Å². The quantitative estimate of drug-likeness (QED) is 0.762. The van der Waals surface area contributed by atoms with Crippen molar-refractivity contribution in [2.24, 2.45) is 4.99 Å². The molecule has 0 unspecified atom stereocenters. The van der Waals surface area contributed by atoms with Crippen LogP contribution in [0.1, 0.15) is 5.56 Å². The minimum absolute atomic E-state index is 0.170. The molecule has 1 fully saturated rings. The molecule has 3 rings (SSSR count). The molecule has 104 valence electrons. The summed E-state index contributed by atoms with van der Waals surface area (Å²) in [4.78, 5) is 18.7. The molecule has 0 atom stereocenters. The van der Waals surface area contributed by atoms with E-state index in [0.29, 0.717) is 10.5 Å². The summed E-state index contributed by atoms with van der Waals surface area (Å²) in [5, 5.41) is 13.8. The van der Waals surface area contributed by atoms with E-state index in [9.17, 15) is 9.90 Å². The number of hydrogen-bond donors (Lipinski definition) is 2. The lowest BCUT2D eigenvalue weighted by atomic mass is 10.2. The summed E-state index contributed by atoms with van der Waals surface area (Å²) in [5.41, 5.74) is 0.639. The van der Waals surface area contributed by atoms with Crippen LogP contribution in [0.3, 0.4) is 0 Å². The van der Waals surface area contributed by atoms with E-state index in [1.54, 1.807) is 24.3 Å². The first-order valence-corrected chi connectivity index (χ1v) is 7.32. The summed E-state index contributed by atoms with van der Waals surface area (Å²) in [5.74, 6) is -0.0594. The van der Waals surface area contributed by atoms with Crippen LogP contribution in [0, 0.1) is 0 Å². The van der Waals surface area contributed by atoms with Gasteiger partial charge < -0.3 is 15.3 Å². The zero-order chi connectivity index (χ0) is 13.9. The van der Waals surface area contributed by atoms with Crippen LogP contribution in [0.15, 0.2) is 34.2 Å². The van der Waals surface area contributed by atoms with Crippen LogP contribution < -0.4 is 5.32 Å². The molecule has 0 spiro atoms. The number of hydrogen-bond acceptors (Lipinski definition) is 5. The van der Waals surface area contributed by atoms with Gasteiger partial charge in [0.15, 0.2) is 5.17 Å². The average molecular weight is 289 g/mol. The molecule has 5 nitrogen and oxygen atoms in total. The largest absolute Gasteiger partial charge is 0.507 e. The Kier molecular flexibility index (Phi) is 3.75. The van der Waals surface area contributed by atoms with E-state index in [2.05, 4.69) is 15.2 Å². The molecule has 2 aliphatic rings. The third-order valence-electron chi connectivity index (χ3n) is 3.22. The van der Waals surface area contributed by atoms with Crippen LogP contribution in [0.2, 0.25) is 0 Å². The lowest BCUT2D eigenvalue weighted by molar-refractivity contribution is -0.113. The molecule has 0 radical (unpaired) electrons. The number of amidine groups is 1. The van der Waals surface area contributed by atoms with Gasteiger partial charge in [-0.05, 0) is 23.9 Å². The van der Waals surface area contributed by atoms with Gasteiger partial charge in [0.2, 0.25) is 0 Å². The highest BCUT2D eigenvalue weighted by Gasteiger charge is 2.26. The maximum Gasteiger partial charge on any atom is 0.286 e. The lowest BCUT2D eigenvalue weighted by Gasteiger charge is -2.27. The predicted octanol–water partition coefficient (Wildman–Crippen LogP) is 1.27. The highest BCUT2D eigenvalue weighted by molar-refractivity contribution is 8.18. The lowest BCUT2D eigenvalue weighted by Crippen LogP contribution is -2.45. The first kappa shape index (κ1) is 13.2. The fourth-order valence-electron chi connectivity index (χ4n) is 2.14. The number of benzene rings is 1. The summed E-state index contributed by atoms with van der Waals surface area (Å²) in [7, 11) is 0. The standard InChI is InChI=1S/C14H15N3O2S/c18-11-4-2-1-3-10(11)9-12-13(19)16-14(20-12)17-7-5-15-6-8-17/h1-4,9,15,18H,5-8H2. The third kappa shape index (κ3) is 2.71. The number of thioether (sulfide) groups is 1. The maximum atomic E-state index is 11.9. The highest BCUT2D eigenvalue weighted by Crippen LogP contribution is 2.31. The zero-order valence-corrected chi connectivity index (χ0v) is 11.7. The molecular formula is C14H15N3O2S. The van der Waals surface area contributed by atoms with Crippen LogP contribution in [-0.4, -0.2) is 47.3 Å². The molecule has 0 saturated carbocycles. The second-order valence-electron chi connectivity index (χ2n) is 4.61. The number of para-hydroxylation sites is 1. The smallest absolute Gasteiger partial charge is 0.286 e. The van der Waals surface area contributed by atoms with Gasteiger partial charge in [-0.1, -0.05) is 18.2 Å². The van der Waals surface area contributed by atoms with Crippen LogP contribution in [0.25, 0.3) is 6.08 Å². The van der Waals surface area contributed by atoms with E-state index in [-0.39, 0.29) is 11.7 Å². The second-order valence-corrected chi connectivity index (χ2v) is 5.62. The molecule has 0 bridgehead atoms. The maximum absolute atomic E-state index is 11.9. The van der Waals surface area contributed by atoms with Gasteiger partial charge in [0.1, 0.15) is 5.75 Å². The molecule has 0 aliphatic carbocycles. The summed E-state index contributed by atoms with van der Waals surface area (Å²) in [6.45, 7) is 3.55. The fourth-order valence-corrected chi connectivity index (χ4v) is 3.10. The van der Waals surface area contributed by atoms with Crippen molar-refractivity contribution >= 4 is 28.9 Å². The molecule has 0 aromatic heterocycles. The molecular weight excluding hydrogens is 274 g/mol. The van der Waals surface area contributed by atoms with E-state index in [0.717, 1.165) is 31.3 Å². The van der Waals surface area contributed by atoms with Gasteiger partial charge in [0.25, 0.3) is 5.91 Å². The van der Waals surface area contributed by atoms with Gasteiger partial charge in [-0.2, -0.15) is 4.99 Å². The number of rotatable bonds is 1. The normalized spacial score (nSPS) is 21.4. The predicted molar refractivity (Wildman–Crippen MR) is 80.6 cm³/mol. The number of nitrogens with zero attached hydrogens (tertiary/aromatic N) is 2. The van der Waals surface area contributed by atoms with Gasteiger partial charge >= 0.3 is 0 Å². The number of piperazine rings is 1. The second kappa shape index (κ2) is 5.68. The Hall–Kier alpha value is -1.79. The van der Waals surface area contributed by atoms with Crippen molar-refractivity contribution < 1.29 is 9.90 Å². The van der Waals surface area contributed by atoms with E-state index < -0.39 is 0 Å². The first-order valence-electron chi connectivity index (χ1n) is 6.50. The average Bonchev–Trinajstić information content (AvgIpc) is 2.84. The molecule has 2 heterocycles.